The number of amides is 3. The highest BCUT2D eigenvalue weighted by Gasteiger charge is 2.26. The first kappa shape index (κ1) is 34.2. The van der Waals surface area contributed by atoms with Crippen LogP contribution < -0.4 is 20.1 Å². The van der Waals surface area contributed by atoms with Crippen LogP contribution in [0.1, 0.15) is 61.8 Å². The summed E-state index contributed by atoms with van der Waals surface area (Å²) in [5, 5.41) is 10.2. The highest BCUT2D eigenvalue weighted by Crippen LogP contribution is 2.32. The van der Waals surface area contributed by atoms with E-state index in [4.69, 9.17) is 9.47 Å². The highest BCUT2D eigenvalue weighted by atomic mass is 16.5. The Kier molecular flexibility index (Phi) is 11.6. The van der Waals surface area contributed by atoms with E-state index < -0.39 is 11.9 Å². The van der Waals surface area contributed by atoms with Gasteiger partial charge in [0.25, 0.3) is 0 Å². The number of imidazole rings is 1. The van der Waals surface area contributed by atoms with E-state index in [1.165, 1.54) is 11.8 Å². The molecule has 3 amide bonds. The Bertz CT molecular complexity index is 1560. The van der Waals surface area contributed by atoms with Gasteiger partial charge in [0.15, 0.2) is 17.3 Å². The van der Waals surface area contributed by atoms with Crippen molar-refractivity contribution in [2.24, 2.45) is 5.92 Å². The van der Waals surface area contributed by atoms with Crippen LogP contribution in [0.25, 0.3) is 11.4 Å². The molecule has 2 bridgehead atoms. The van der Waals surface area contributed by atoms with Crippen molar-refractivity contribution in [1.82, 2.24) is 34.9 Å². The van der Waals surface area contributed by atoms with Crippen LogP contribution in [0.3, 0.4) is 0 Å². The number of carbonyl (C=O) groups is 4. The molecular weight excluding hydrogens is 590 g/mol. The van der Waals surface area contributed by atoms with Crippen LogP contribution in [0.2, 0.25) is 0 Å². The molecule has 1 aliphatic rings. The number of ether oxygens (including phenoxy) is 2. The molecule has 3 heterocycles. The van der Waals surface area contributed by atoms with E-state index in [0.717, 1.165) is 11.4 Å². The molecule has 0 saturated heterocycles. The summed E-state index contributed by atoms with van der Waals surface area (Å²) in [6, 6.07) is 4.87. The zero-order chi connectivity index (χ0) is 33.4. The SMILES string of the molecule is COc1ccc2cc1OCCCN(C(=O)CCn1nc(C)c(C(C)=O)c1C)CC(=O)N[C@H](C(C)C)C(=O)NCCCn1ccnc1-2. The molecule has 46 heavy (non-hydrogen) atoms. The first-order valence-corrected chi connectivity index (χ1v) is 15.7. The van der Waals surface area contributed by atoms with Crippen molar-refractivity contribution in [3.63, 3.8) is 0 Å². The number of aryl methyl sites for hydroxylation is 3. The van der Waals surface area contributed by atoms with Crippen molar-refractivity contribution in [1.29, 1.82) is 0 Å². The van der Waals surface area contributed by atoms with Gasteiger partial charge in [-0.15, -0.1) is 0 Å². The maximum Gasteiger partial charge on any atom is 0.242 e. The third-order valence-electron chi connectivity index (χ3n) is 8.07. The Morgan fingerprint density at radius 2 is 1.93 bits per heavy atom. The van der Waals surface area contributed by atoms with Crippen molar-refractivity contribution < 1.29 is 28.7 Å². The lowest BCUT2D eigenvalue weighted by Gasteiger charge is -2.26. The molecular formula is C33H45N7O6. The van der Waals surface area contributed by atoms with Crippen molar-refractivity contribution in [3.05, 3.63) is 47.5 Å². The molecule has 13 nitrogen and oxygen atoms in total. The number of nitrogens with one attached hydrogen (secondary N) is 2. The zero-order valence-corrected chi connectivity index (χ0v) is 27.6. The van der Waals surface area contributed by atoms with Crippen LogP contribution in [-0.4, -0.2) is 87.1 Å². The first-order valence-electron chi connectivity index (χ1n) is 15.7. The zero-order valence-electron chi connectivity index (χ0n) is 27.6. The molecule has 2 aromatic heterocycles. The number of aromatic nitrogens is 4. The molecule has 2 N–H and O–H groups in total. The normalized spacial score (nSPS) is 16.8. The summed E-state index contributed by atoms with van der Waals surface area (Å²) < 4.78 is 15.3. The molecule has 0 unspecified atom stereocenters. The van der Waals surface area contributed by atoms with Gasteiger partial charge in [0, 0.05) is 56.3 Å². The van der Waals surface area contributed by atoms with Crippen molar-refractivity contribution >= 4 is 23.5 Å². The van der Waals surface area contributed by atoms with Gasteiger partial charge in [0.1, 0.15) is 11.9 Å². The van der Waals surface area contributed by atoms with E-state index in [1.807, 2.05) is 42.8 Å². The maximum absolute atomic E-state index is 13.5. The van der Waals surface area contributed by atoms with Gasteiger partial charge in [0.2, 0.25) is 17.7 Å². The number of benzene rings is 1. The summed E-state index contributed by atoms with van der Waals surface area (Å²) in [5.41, 5.74) is 2.72. The lowest BCUT2D eigenvalue weighted by atomic mass is 10.0. The van der Waals surface area contributed by atoms with E-state index in [2.05, 4.69) is 20.7 Å². The summed E-state index contributed by atoms with van der Waals surface area (Å²) >= 11 is 0. The number of rotatable bonds is 6. The second-order valence-corrected chi connectivity index (χ2v) is 11.8. The van der Waals surface area contributed by atoms with E-state index in [1.54, 1.807) is 31.8 Å². The van der Waals surface area contributed by atoms with Gasteiger partial charge in [0.05, 0.1) is 31.5 Å². The fraction of sp³-hybridized carbons (Fsp3) is 0.515. The second-order valence-electron chi connectivity index (χ2n) is 11.8. The van der Waals surface area contributed by atoms with Gasteiger partial charge in [-0.2, -0.15) is 5.10 Å². The fourth-order valence-electron chi connectivity index (χ4n) is 5.69. The molecule has 0 radical (unpaired) electrons. The highest BCUT2D eigenvalue weighted by molar-refractivity contribution is 5.96. The van der Waals surface area contributed by atoms with Gasteiger partial charge in [-0.05, 0) is 57.7 Å². The van der Waals surface area contributed by atoms with Crippen molar-refractivity contribution in [2.45, 2.75) is 73.0 Å². The summed E-state index contributed by atoms with van der Waals surface area (Å²) in [5.74, 6) is 0.668. The lowest BCUT2D eigenvalue weighted by molar-refractivity contribution is -0.137. The van der Waals surface area contributed by atoms with Crippen molar-refractivity contribution in [3.8, 4) is 22.9 Å². The minimum Gasteiger partial charge on any atom is -0.493 e. The van der Waals surface area contributed by atoms with Crippen LogP contribution in [0.15, 0.2) is 30.6 Å². The smallest absolute Gasteiger partial charge is 0.242 e. The Labute approximate surface area is 269 Å². The number of hydrogen-bond donors (Lipinski definition) is 2. The molecule has 1 atom stereocenters. The molecule has 4 rings (SSSR count). The third-order valence-corrected chi connectivity index (χ3v) is 8.07. The van der Waals surface area contributed by atoms with E-state index in [-0.39, 0.29) is 56.2 Å². The summed E-state index contributed by atoms with van der Waals surface area (Å²) in [6.07, 6.45) is 4.79. The average molecular weight is 636 g/mol. The minimum atomic E-state index is -0.757. The van der Waals surface area contributed by atoms with Crippen LogP contribution in [-0.2, 0) is 27.5 Å². The Balaban J connectivity index is 1.56. The molecule has 0 spiro atoms. The number of ketones is 1. The molecule has 3 aromatic rings. The quantitative estimate of drug-likeness (QED) is 0.393. The number of Topliss-reactive ketones (excluding diaryl/α,β-unsaturated/α-hetero) is 1. The Hall–Kier alpha value is -4.68. The minimum absolute atomic E-state index is 0.0735. The second kappa shape index (κ2) is 15.5. The maximum atomic E-state index is 13.5. The first-order chi connectivity index (χ1) is 22.0. The summed E-state index contributed by atoms with van der Waals surface area (Å²) in [6.45, 7) is 10.4. The number of hydrogen-bond acceptors (Lipinski definition) is 8. The monoisotopic (exact) mass is 635 g/mol. The number of methoxy groups -OCH3 is 1. The molecule has 248 valence electrons. The van der Waals surface area contributed by atoms with E-state index >= 15 is 0 Å². The standard InChI is InChI=1S/C33H45N7O6/c1-21(2)31-33(44)35-12-7-14-38-17-13-34-32(38)25-9-10-26(45-6)27(19-25)46-18-8-15-39(20-28(42)36-31)29(43)11-16-40-23(4)30(24(5)41)22(3)37-40/h9-10,13,17,19,21,31H,7-8,11-12,14-16,18,20H2,1-6H3,(H,35,44)(H,36,42)/t31-/m1/s1. The van der Waals surface area contributed by atoms with Crippen LogP contribution in [0, 0.1) is 19.8 Å². The van der Waals surface area contributed by atoms with Crippen molar-refractivity contribution in [2.75, 3.05) is 33.4 Å². The average Bonchev–Trinajstić information content (AvgIpc) is 3.60. The van der Waals surface area contributed by atoms with Gasteiger partial charge < -0.3 is 29.6 Å². The van der Waals surface area contributed by atoms with Crippen LogP contribution >= 0.6 is 0 Å². The van der Waals surface area contributed by atoms with Gasteiger partial charge in [-0.3, -0.25) is 23.9 Å². The van der Waals surface area contributed by atoms with E-state index in [0.29, 0.717) is 54.4 Å². The van der Waals surface area contributed by atoms with Gasteiger partial charge >= 0.3 is 0 Å². The molecule has 13 heteroatoms. The van der Waals surface area contributed by atoms with Gasteiger partial charge in [-0.25, -0.2) is 4.98 Å². The summed E-state index contributed by atoms with van der Waals surface area (Å²) in [7, 11) is 1.57. The molecule has 0 fully saturated rings. The predicted octanol–water partition coefficient (Wildman–Crippen LogP) is 2.92. The van der Waals surface area contributed by atoms with Crippen LogP contribution in [0.4, 0.5) is 0 Å². The number of fused-ring (bicyclic) bond motifs is 4. The predicted molar refractivity (Wildman–Crippen MR) is 172 cm³/mol. The van der Waals surface area contributed by atoms with Crippen LogP contribution in [0.5, 0.6) is 11.5 Å². The Morgan fingerprint density at radius 1 is 1.15 bits per heavy atom. The molecule has 0 aliphatic carbocycles. The fourth-order valence-corrected chi connectivity index (χ4v) is 5.69. The third kappa shape index (κ3) is 8.32. The van der Waals surface area contributed by atoms with E-state index in [9.17, 15) is 19.2 Å². The molecule has 0 saturated carbocycles. The topological polar surface area (TPSA) is 150 Å². The molecule has 1 aromatic carbocycles. The number of carbonyl (C=O) groups excluding carboxylic acids is 4. The largest absolute Gasteiger partial charge is 0.493 e. The molecule has 1 aliphatic heterocycles. The number of nitrogens with zero attached hydrogens (tertiary/aromatic N) is 5. The summed E-state index contributed by atoms with van der Waals surface area (Å²) in [4.78, 5) is 58.0. The van der Waals surface area contributed by atoms with Gasteiger partial charge in [-0.1, -0.05) is 13.8 Å². The Morgan fingerprint density at radius 3 is 2.63 bits per heavy atom. The lowest BCUT2D eigenvalue weighted by Crippen LogP contribution is -2.52.